The van der Waals surface area contributed by atoms with Gasteiger partial charge in [-0.25, -0.2) is 4.98 Å². The normalized spacial score (nSPS) is 11.2. The summed E-state index contributed by atoms with van der Waals surface area (Å²) in [5.41, 5.74) is 11.5. The lowest BCUT2D eigenvalue weighted by Crippen LogP contribution is -2.08. The molecule has 2 aromatic heterocycles. The van der Waals surface area contributed by atoms with Crippen molar-refractivity contribution in [3.8, 4) is 16.9 Å². The molecule has 0 saturated heterocycles. The van der Waals surface area contributed by atoms with Crippen molar-refractivity contribution >= 4 is 33.3 Å². The Labute approximate surface area is 152 Å². The molecule has 132 valence electrons. The Kier molecular flexibility index (Phi) is 3.72. The van der Waals surface area contributed by atoms with Gasteiger partial charge in [0.15, 0.2) is 0 Å². The van der Waals surface area contributed by atoms with Gasteiger partial charge in [0.25, 0.3) is 0 Å². The zero-order valence-corrected chi connectivity index (χ0v) is 15.4. The predicted molar refractivity (Wildman–Crippen MR) is 109 cm³/mol. The second-order valence-corrected chi connectivity index (χ2v) is 6.73. The molecule has 0 fully saturated rings. The fourth-order valence-electron chi connectivity index (χ4n) is 3.38. The molecule has 2 heterocycles. The lowest BCUT2D eigenvalue weighted by atomic mass is 10.0. The summed E-state index contributed by atoms with van der Waals surface area (Å²) in [5.74, 6) is 1.36. The maximum Gasteiger partial charge on any atom is 0.132 e. The van der Waals surface area contributed by atoms with Crippen LogP contribution in [0.3, 0.4) is 0 Å². The predicted octanol–water partition coefficient (Wildman–Crippen LogP) is 4.05. The number of fused-ring (bicyclic) bond motifs is 2. The third-order valence-corrected chi connectivity index (χ3v) is 4.83. The number of rotatable bonds is 3. The summed E-state index contributed by atoms with van der Waals surface area (Å²) in [6, 6.07) is 14.4. The van der Waals surface area contributed by atoms with Crippen LogP contribution in [0.5, 0.6) is 5.75 Å². The number of ether oxygens (including phenoxy) is 1. The first kappa shape index (κ1) is 16.3. The van der Waals surface area contributed by atoms with Crippen molar-refractivity contribution in [2.45, 2.75) is 0 Å². The molecule has 0 unspecified atom stereocenters. The standard InChI is InChI=1S/C21H22N4O/c1-24(2)14-6-5-13-9-17(21(22)23-19(13)10-14)18-12-25(3)20-8-7-15(26-4)11-16(18)20/h5-12H,1-4H3,(H2,22,23). The lowest BCUT2D eigenvalue weighted by molar-refractivity contribution is 0.415. The summed E-state index contributed by atoms with van der Waals surface area (Å²) in [4.78, 5) is 6.72. The summed E-state index contributed by atoms with van der Waals surface area (Å²) in [6.45, 7) is 0. The number of aryl methyl sites for hydroxylation is 1. The summed E-state index contributed by atoms with van der Waals surface area (Å²) in [5, 5.41) is 2.17. The highest BCUT2D eigenvalue weighted by molar-refractivity contribution is 6.01. The van der Waals surface area contributed by atoms with E-state index in [1.54, 1.807) is 7.11 Å². The van der Waals surface area contributed by atoms with Crippen molar-refractivity contribution in [1.82, 2.24) is 9.55 Å². The molecule has 0 amide bonds. The molecule has 0 aliphatic carbocycles. The molecule has 4 rings (SSSR count). The molecule has 0 aliphatic rings. The zero-order chi connectivity index (χ0) is 18.4. The van der Waals surface area contributed by atoms with E-state index in [-0.39, 0.29) is 0 Å². The molecule has 2 aromatic carbocycles. The molecule has 0 atom stereocenters. The minimum atomic E-state index is 0.531. The summed E-state index contributed by atoms with van der Waals surface area (Å²) in [7, 11) is 7.75. The molecule has 26 heavy (non-hydrogen) atoms. The van der Waals surface area contributed by atoms with Crippen molar-refractivity contribution in [1.29, 1.82) is 0 Å². The highest BCUT2D eigenvalue weighted by Gasteiger charge is 2.14. The number of benzene rings is 2. The van der Waals surface area contributed by atoms with E-state index in [9.17, 15) is 0 Å². The maximum absolute atomic E-state index is 6.35. The Balaban J connectivity index is 1.95. The molecule has 5 heteroatoms. The van der Waals surface area contributed by atoms with Gasteiger partial charge in [-0.05, 0) is 36.4 Å². The van der Waals surface area contributed by atoms with E-state index in [1.165, 1.54) is 0 Å². The van der Waals surface area contributed by atoms with E-state index >= 15 is 0 Å². The van der Waals surface area contributed by atoms with Gasteiger partial charge in [0.2, 0.25) is 0 Å². The summed E-state index contributed by atoms with van der Waals surface area (Å²) < 4.78 is 7.50. The monoisotopic (exact) mass is 346 g/mol. The van der Waals surface area contributed by atoms with Gasteiger partial charge < -0.3 is 19.9 Å². The number of aromatic nitrogens is 2. The molecule has 0 aliphatic heterocycles. The van der Waals surface area contributed by atoms with Crippen molar-refractivity contribution in [2.24, 2.45) is 7.05 Å². The highest BCUT2D eigenvalue weighted by atomic mass is 16.5. The second-order valence-electron chi connectivity index (χ2n) is 6.73. The molecule has 0 bridgehead atoms. The van der Waals surface area contributed by atoms with E-state index < -0.39 is 0 Å². The van der Waals surface area contributed by atoms with Crippen molar-refractivity contribution < 1.29 is 4.74 Å². The first-order valence-electron chi connectivity index (χ1n) is 8.49. The van der Waals surface area contributed by atoms with E-state index in [2.05, 4.69) is 51.0 Å². The van der Waals surface area contributed by atoms with Crippen LogP contribution in [-0.4, -0.2) is 30.8 Å². The average Bonchev–Trinajstić information content (AvgIpc) is 2.96. The fraction of sp³-hybridized carbons (Fsp3) is 0.190. The van der Waals surface area contributed by atoms with Crippen LogP contribution in [0, 0.1) is 0 Å². The maximum atomic E-state index is 6.35. The smallest absolute Gasteiger partial charge is 0.132 e. The number of nitrogen functional groups attached to an aromatic ring is 1. The number of nitrogens with zero attached hydrogens (tertiary/aromatic N) is 3. The number of nitrogens with two attached hydrogens (primary N) is 1. The van der Waals surface area contributed by atoms with Gasteiger partial charge in [-0.15, -0.1) is 0 Å². The van der Waals surface area contributed by atoms with Gasteiger partial charge in [-0.3, -0.25) is 0 Å². The van der Waals surface area contributed by atoms with Crippen molar-refractivity contribution in [3.63, 3.8) is 0 Å². The van der Waals surface area contributed by atoms with Gasteiger partial charge >= 0.3 is 0 Å². The Morgan fingerprint density at radius 2 is 1.85 bits per heavy atom. The number of hydrogen-bond acceptors (Lipinski definition) is 4. The molecular formula is C21H22N4O. The van der Waals surface area contributed by atoms with Crippen molar-refractivity contribution in [3.05, 3.63) is 48.7 Å². The van der Waals surface area contributed by atoms with E-state index in [1.807, 2.05) is 33.3 Å². The van der Waals surface area contributed by atoms with Crippen LogP contribution in [0.1, 0.15) is 0 Å². The molecular weight excluding hydrogens is 324 g/mol. The van der Waals surface area contributed by atoms with Crippen LogP contribution in [0.2, 0.25) is 0 Å². The van der Waals surface area contributed by atoms with E-state index in [0.29, 0.717) is 5.82 Å². The molecule has 2 N–H and O–H groups in total. The number of pyridine rings is 1. The number of hydrogen-bond donors (Lipinski definition) is 1. The lowest BCUT2D eigenvalue weighted by Gasteiger charge is -2.13. The minimum Gasteiger partial charge on any atom is -0.497 e. The van der Waals surface area contributed by atoms with Crippen LogP contribution in [0.15, 0.2) is 48.7 Å². The Morgan fingerprint density at radius 1 is 1.04 bits per heavy atom. The molecule has 0 radical (unpaired) electrons. The molecule has 0 spiro atoms. The Bertz CT molecular complexity index is 1130. The summed E-state index contributed by atoms with van der Waals surface area (Å²) >= 11 is 0. The van der Waals surface area contributed by atoms with E-state index in [0.717, 1.165) is 44.4 Å². The fourth-order valence-corrected chi connectivity index (χ4v) is 3.38. The Hall–Kier alpha value is -3.21. The SMILES string of the molecule is COc1ccc2c(c1)c(-c1cc3ccc(N(C)C)cc3nc1N)cn2C. The van der Waals surface area contributed by atoms with Crippen LogP contribution in [-0.2, 0) is 7.05 Å². The third-order valence-electron chi connectivity index (χ3n) is 4.83. The van der Waals surface area contributed by atoms with Gasteiger partial charge in [-0.1, -0.05) is 6.07 Å². The first-order chi connectivity index (χ1) is 12.5. The van der Waals surface area contributed by atoms with Crippen LogP contribution < -0.4 is 15.4 Å². The average molecular weight is 346 g/mol. The van der Waals surface area contributed by atoms with Gasteiger partial charge in [0, 0.05) is 60.4 Å². The largest absolute Gasteiger partial charge is 0.497 e. The number of methoxy groups -OCH3 is 1. The zero-order valence-electron chi connectivity index (χ0n) is 15.4. The highest BCUT2D eigenvalue weighted by Crippen LogP contribution is 2.36. The Morgan fingerprint density at radius 3 is 2.58 bits per heavy atom. The van der Waals surface area contributed by atoms with Crippen molar-refractivity contribution in [2.75, 3.05) is 31.8 Å². The van der Waals surface area contributed by atoms with Crippen LogP contribution >= 0.6 is 0 Å². The molecule has 5 nitrogen and oxygen atoms in total. The topological polar surface area (TPSA) is 56.3 Å². The van der Waals surface area contributed by atoms with Gasteiger partial charge in [0.05, 0.1) is 12.6 Å². The van der Waals surface area contributed by atoms with E-state index in [4.69, 9.17) is 10.5 Å². The summed E-state index contributed by atoms with van der Waals surface area (Å²) in [6.07, 6.45) is 2.09. The molecule has 4 aromatic rings. The van der Waals surface area contributed by atoms with Crippen LogP contribution in [0.25, 0.3) is 32.9 Å². The van der Waals surface area contributed by atoms with Gasteiger partial charge in [-0.2, -0.15) is 0 Å². The van der Waals surface area contributed by atoms with Gasteiger partial charge in [0.1, 0.15) is 11.6 Å². The van der Waals surface area contributed by atoms with Crippen LogP contribution in [0.4, 0.5) is 11.5 Å². The molecule has 0 saturated carbocycles. The quantitative estimate of drug-likeness (QED) is 0.608. The minimum absolute atomic E-state index is 0.531. The third kappa shape index (κ3) is 2.52. The first-order valence-corrected chi connectivity index (χ1v) is 8.49. The number of anilines is 2. The second kappa shape index (κ2) is 5.95.